The van der Waals surface area contributed by atoms with Crippen molar-refractivity contribution in [1.29, 1.82) is 0 Å². The minimum Gasteiger partial charge on any atom is -0.466 e. The second-order valence-electron chi connectivity index (χ2n) is 25.0. The van der Waals surface area contributed by atoms with E-state index in [0.717, 1.165) is 108 Å². The van der Waals surface area contributed by atoms with Crippen molar-refractivity contribution in [2.75, 3.05) is 37.9 Å². The Morgan fingerprint density at radius 3 is 0.663 bits per heavy atom. The van der Waals surface area contributed by atoms with Crippen molar-refractivity contribution in [3.63, 3.8) is 0 Å². The number of rotatable bonds is 72. The zero-order chi connectivity index (χ0) is 60.1. The van der Waals surface area contributed by atoms with E-state index in [1.165, 1.54) is 270 Å². The highest BCUT2D eigenvalue weighted by Gasteiger charge is 2.20. The minimum atomic E-state index is -2.16. The molecule has 0 heterocycles. The van der Waals surface area contributed by atoms with Gasteiger partial charge in [0.05, 0.1) is 26.4 Å². The zero-order valence-electron chi connectivity index (χ0n) is 55.7. The Morgan fingerprint density at radius 1 is 0.253 bits per heavy atom. The van der Waals surface area contributed by atoms with Gasteiger partial charge in [-0.3, -0.25) is 14.4 Å². The first-order chi connectivity index (χ1) is 40.9. The Kier molecular flexibility index (Phi) is 70.6. The Labute approximate surface area is 531 Å². The van der Waals surface area contributed by atoms with Crippen molar-refractivity contribution in [2.45, 2.75) is 406 Å². The minimum absolute atomic E-state index is 0.0602. The molecule has 11 heteroatoms. The fourth-order valence-electron chi connectivity index (χ4n) is 11.0. The molecule has 0 saturated heterocycles. The molecule has 0 aromatic rings. The van der Waals surface area contributed by atoms with Crippen LogP contribution in [0.5, 0.6) is 0 Å². The summed E-state index contributed by atoms with van der Waals surface area (Å²) in [7, 11) is 0. The maximum absolute atomic E-state index is 12.5. The highest BCUT2D eigenvalue weighted by atomic mass is 33.2. The van der Waals surface area contributed by atoms with Gasteiger partial charge in [0.2, 0.25) is 0 Å². The van der Waals surface area contributed by atoms with Gasteiger partial charge in [-0.15, -0.1) is 0 Å². The van der Waals surface area contributed by atoms with Crippen LogP contribution in [-0.4, -0.2) is 55.8 Å². The van der Waals surface area contributed by atoms with Crippen LogP contribution in [0.3, 0.4) is 0 Å². The molecule has 0 bridgehead atoms. The third-order valence-electron chi connectivity index (χ3n) is 16.6. The first-order valence-electron chi connectivity index (χ1n) is 36.9. The van der Waals surface area contributed by atoms with E-state index in [1.54, 1.807) is 22.8 Å². The van der Waals surface area contributed by atoms with Gasteiger partial charge < -0.3 is 18.7 Å². The Hall–Kier alpha value is -0.280. The van der Waals surface area contributed by atoms with Gasteiger partial charge in [0.1, 0.15) is 0 Å². The number of hydrogen-bond acceptors (Lipinski definition) is 10. The van der Waals surface area contributed by atoms with E-state index in [9.17, 15) is 14.4 Å². The van der Waals surface area contributed by atoms with Crippen molar-refractivity contribution in [3.8, 4) is 0 Å². The van der Waals surface area contributed by atoms with Gasteiger partial charge in [-0.05, 0) is 69.6 Å². The summed E-state index contributed by atoms with van der Waals surface area (Å²) >= 11 is 9.87. The summed E-state index contributed by atoms with van der Waals surface area (Å²) in [6.45, 7) is 9.13. The fraction of sp³-hybridized carbons (Fsp3) is 0.958. The van der Waals surface area contributed by atoms with Crippen molar-refractivity contribution >= 4 is 57.1 Å². The molecule has 0 radical (unpaired) electrons. The van der Waals surface area contributed by atoms with Crippen LogP contribution in [0.1, 0.15) is 406 Å². The molecule has 0 spiro atoms. The molecule has 0 amide bonds. The molecule has 0 fully saturated rings. The molecule has 0 rings (SSSR count). The Morgan fingerprint density at radius 2 is 0.434 bits per heavy atom. The molecule has 0 aromatic heterocycles. The van der Waals surface area contributed by atoms with Gasteiger partial charge in [0.25, 0.3) is 0 Å². The number of esters is 3. The summed E-state index contributed by atoms with van der Waals surface area (Å²) in [5.74, 6) is 1.66. The van der Waals surface area contributed by atoms with Crippen LogP contribution in [0, 0.1) is 0 Å². The third kappa shape index (κ3) is 69.1. The van der Waals surface area contributed by atoms with Crippen molar-refractivity contribution in [3.05, 3.63) is 0 Å². The smallest absolute Gasteiger partial charge is 0.305 e. The molecule has 0 aliphatic heterocycles. The standard InChI is InChI=1S/C72H141O7PS3/c1-4-7-10-13-16-19-22-25-28-31-34-37-40-43-46-55-64-76-70(73)61-52-49-58-67-79-80(81,82-68-59-50-53-62-71(74)77-65-56-47-44-41-38-35-32-29-26-23-20-17-14-11-8-5-2)83-69-60-51-54-63-72(75)78-66-57-48-45-42-39-36-33-30-27-24-21-18-15-12-9-6-3/h4-69H2,1-3H3. The molecule has 0 aromatic carbocycles. The van der Waals surface area contributed by atoms with Gasteiger partial charge >= 0.3 is 17.9 Å². The van der Waals surface area contributed by atoms with E-state index in [1.807, 2.05) is 0 Å². The molecule has 7 nitrogen and oxygen atoms in total. The Bertz CT molecular complexity index is 1210. The number of ether oxygens (including phenoxy) is 3. The number of hydrogen-bond donors (Lipinski definition) is 0. The van der Waals surface area contributed by atoms with E-state index in [0.29, 0.717) is 45.7 Å². The van der Waals surface area contributed by atoms with Crippen LogP contribution in [0.15, 0.2) is 0 Å². The molecule has 0 N–H and O–H groups in total. The molecule has 0 atom stereocenters. The maximum atomic E-state index is 12.5. The molecule has 0 unspecified atom stereocenters. The fourth-order valence-corrected chi connectivity index (χ4v) is 19.5. The van der Waals surface area contributed by atoms with Crippen molar-refractivity contribution < 1.29 is 33.1 Å². The third-order valence-corrected chi connectivity index (χ3v) is 26.4. The predicted octanol–water partition coefficient (Wildman–Crippen LogP) is 25.8. The van der Waals surface area contributed by atoms with E-state index in [-0.39, 0.29) is 17.9 Å². The highest BCUT2D eigenvalue weighted by molar-refractivity contribution is 8.99. The molecule has 0 saturated carbocycles. The van der Waals surface area contributed by atoms with Crippen LogP contribution in [0.4, 0.5) is 0 Å². The average molecular weight is 1250 g/mol. The number of carbonyl (C=O) groups excluding carboxylic acids is 3. The second-order valence-corrected chi connectivity index (χ2v) is 35.7. The monoisotopic (exact) mass is 1240 g/mol. The largest absolute Gasteiger partial charge is 0.466 e. The Balaban J connectivity index is 4.31. The molecule has 0 aliphatic carbocycles. The van der Waals surface area contributed by atoms with Gasteiger partial charge in [-0.2, -0.15) is 0 Å². The number of carbonyl (C=O) groups is 3. The van der Waals surface area contributed by atoms with E-state index in [2.05, 4.69) is 20.8 Å². The molecule has 83 heavy (non-hydrogen) atoms. The van der Waals surface area contributed by atoms with Crippen LogP contribution in [0.25, 0.3) is 0 Å². The van der Waals surface area contributed by atoms with Crippen LogP contribution in [-0.2, 0) is 44.9 Å². The first-order valence-corrected chi connectivity index (χ1v) is 42.8. The zero-order valence-corrected chi connectivity index (χ0v) is 59.0. The van der Waals surface area contributed by atoms with Gasteiger partial charge in [-0.1, -0.05) is 352 Å². The van der Waals surface area contributed by atoms with Gasteiger partial charge in [-0.25, -0.2) is 0 Å². The van der Waals surface area contributed by atoms with Gasteiger partial charge in [0, 0.05) is 30.8 Å². The van der Waals surface area contributed by atoms with Gasteiger partial charge in [0.15, 0.2) is 4.67 Å². The maximum Gasteiger partial charge on any atom is 0.305 e. The lowest BCUT2D eigenvalue weighted by Gasteiger charge is -2.21. The summed E-state index contributed by atoms with van der Waals surface area (Å²) in [5, 5.41) is 0. The van der Waals surface area contributed by atoms with Crippen LogP contribution >= 0.6 is 27.4 Å². The van der Waals surface area contributed by atoms with E-state index >= 15 is 0 Å². The SMILES string of the molecule is CCCCCCCCCCCCCCCCCCOC(=O)CCCCCOP(=S)(SCCCCCC(=O)OCCCCCCCCCCCCCCCCCC)SCCCCCC(=O)OCCCCCCCCCCCCCCCCCC. The predicted molar refractivity (Wildman–Crippen MR) is 372 cm³/mol. The quantitative estimate of drug-likeness (QED) is 0.0254. The van der Waals surface area contributed by atoms with Crippen molar-refractivity contribution in [1.82, 2.24) is 0 Å². The number of unbranched alkanes of at least 4 members (excludes halogenated alkanes) is 51. The highest BCUT2D eigenvalue weighted by Crippen LogP contribution is 2.70. The van der Waals surface area contributed by atoms with Crippen LogP contribution < -0.4 is 0 Å². The lowest BCUT2D eigenvalue weighted by molar-refractivity contribution is -0.144. The van der Waals surface area contributed by atoms with Crippen molar-refractivity contribution in [2.24, 2.45) is 0 Å². The lowest BCUT2D eigenvalue weighted by Crippen LogP contribution is -2.06. The van der Waals surface area contributed by atoms with E-state index in [4.69, 9.17) is 30.5 Å². The summed E-state index contributed by atoms with van der Waals surface area (Å²) in [6, 6.07) is 0. The molecule has 494 valence electrons. The second kappa shape index (κ2) is 70.8. The summed E-state index contributed by atoms with van der Waals surface area (Å²) in [5.41, 5.74) is 0. The normalized spacial score (nSPS) is 11.7. The summed E-state index contributed by atoms with van der Waals surface area (Å²) < 4.78 is 21.1. The lowest BCUT2D eigenvalue weighted by atomic mass is 10.0. The molecule has 0 aliphatic rings. The average Bonchev–Trinajstić information content (AvgIpc) is 3.52. The molecular formula is C72H141O7PS3. The summed E-state index contributed by atoms with van der Waals surface area (Å²) in [6.07, 6.45) is 74.0. The summed E-state index contributed by atoms with van der Waals surface area (Å²) in [4.78, 5) is 37.4. The van der Waals surface area contributed by atoms with E-state index < -0.39 is 4.67 Å². The van der Waals surface area contributed by atoms with Crippen LogP contribution in [0.2, 0.25) is 0 Å². The first kappa shape index (κ1) is 82.7. The topological polar surface area (TPSA) is 88.1 Å². The molecular weight excluding hydrogens is 1100 g/mol.